The van der Waals surface area contributed by atoms with Crippen molar-refractivity contribution in [3.05, 3.63) is 0 Å². The van der Waals surface area contributed by atoms with Crippen molar-refractivity contribution < 1.29 is 14.4 Å². The SMILES string of the molecule is CCC[C@@H](C)[C@@]1(CC)C(=O)NC(=O)N(C)C1=O. The van der Waals surface area contributed by atoms with E-state index in [-0.39, 0.29) is 11.8 Å². The number of nitrogens with zero attached hydrogens (tertiary/aromatic N) is 1. The first kappa shape index (κ1) is 13.7. The fraction of sp³-hybridized carbons (Fsp3) is 0.750. The van der Waals surface area contributed by atoms with Crippen molar-refractivity contribution in [2.75, 3.05) is 7.05 Å². The summed E-state index contributed by atoms with van der Waals surface area (Å²) < 4.78 is 0. The molecule has 1 rings (SSSR count). The number of urea groups is 1. The van der Waals surface area contributed by atoms with Crippen molar-refractivity contribution in [2.24, 2.45) is 11.3 Å². The molecule has 0 aromatic heterocycles. The van der Waals surface area contributed by atoms with Crippen molar-refractivity contribution in [3.8, 4) is 0 Å². The highest BCUT2D eigenvalue weighted by Crippen LogP contribution is 2.38. The molecule has 0 radical (unpaired) electrons. The fourth-order valence-electron chi connectivity index (χ4n) is 2.56. The Labute approximate surface area is 102 Å². The van der Waals surface area contributed by atoms with Gasteiger partial charge in [0.1, 0.15) is 5.41 Å². The summed E-state index contributed by atoms with van der Waals surface area (Å²) in [5, 5.41) is 2.27. The first-order valence-electron chi connectivity index (χ1n) is 6.05. The minimum Gasteiger partial charge on any atom is -0.277 e. The van der Waals surface area contributed by atoms with Gasteiger partial charge in [0.2, 0.25) is 11.8 Å². The molecule has 1 aliphatic rings. The van der Waals surface area contributed by atoms with Gasteiger partial charge in [0, 0.05) is 7.05 Å². The van der Waals surface area contributed by atoms with Gasteiger partial charge in [-0.2, -0.15) is 0 Å². The summed E-state index contributed by atoms with van der Waals surface area (Å²) >= 11 is 0. The maximum Gasteiger partial charge on any atom is 0.330 e. The molecule has 0 saturated carbocycles. The molecule has 0 aliphatic carbocycles. The largest absolute Gasteiger partial charge is 0.330 e. The standard InChI is InChI=1S/C12H20N2O3/c1-5-7-8(3)12(6-2)9(15)13-11(17)14(4)10(12)16/h8H,5-7H2,1-4H3,(H,13,15,17)/t8-,12+/m1/s1. The van der Waals surface area contributed by atoms with E-state index in [4.69, 9.17) is 0 Å². The van der Waals surface area contributed by atoms with Gasteiger partial charge in [-0.15, -0.1) is 0 Å². The number of rotatable bonds is 4. The molecule has 1 aliphatic heterocycles. The van der Waals surface area contributed by atoms with E-state index in [9.17, 15) is 14.4 Å². The normalized spacial score (nSPS) is 27.1. The first-order chi connectivity index (χ1) is 7.91. The third kappa shape index (κ3) is 1.94. The minimum atomic E-state index is -1.08. The zero-order chi connectivity index (χ0) is 13.2. The van der Waals surface area contributed by atoms with Crippen molar-refractivity contribution in [3.63, 3.8) is 0 Å². The number of imide groups is 2. The Morgan fingerprint density at radius 1 is 1.29 bits per heavy atom. The molecule has 96 valence electrons. The van der Waals surface area contributed by atoms with Crippen LogP contribution in [-0.4, -0.2) is 29.8 Å². The Bertz CT molecular complexity index is 354. The van der Waals surface area contributed by atoms with E-state index in [2.05, 4.69) is 5.32 Å². The zero-order valence-electron chi connectivity index (χ0n) is 10.9. The molecule has 5 nitrogen and oxygen atoms in total. The monoisotopic (exact) mass is 240 g/mol. The van der Waals surface area contributed by atoms with Crippen LogP contribution in [0.1, 0.15) is 40.0 Å². The summed E-state index contributed by atoms with van der Waals surface area (Å²) in [6, 6.07) is -0.632. The van der Waals surface area contributed by atoms with E-state index in [1.54, 1.807) is 0 Å². The average molecular weight is 240 g/mol. The zero-order valence-corrected chi connectivity index (χ0v) is 10.9. The van der Waals surface area contributed by atoms with Gasteiger partial charge >= 0.3 is 6.03 Å². The van der Waals surface area contributed by atoms with E-state index in [0.717, 1.165) is 17.7 Å². The van der Waals surface area contributed by atoms with Crippen LogP contribution in [0, 0.1) is 11.3 Å². The van der Waals surface area contributed by atoms with E-state index in [1.807, 2.05) is 20.8 Å². The van der Waals surface area contributed by atoms with Crippen LogP contribution < -0.4 is 5.32 Å². The van der Waals surface area contributed by atoms with Gasteiger partial charge in [0.25, 0.3) is 0 Å². The molecule has 1 heterocycles. The van der Waals surface area contributed by atoms with E-state index in [0.29, 0.717) is 6.42 Å². The topological polar surface area (TPSA) is 66.5 Å². The van der Waals surface area contributed by atoms with Crippen LogP contribution in [0.2, 0.25) is 0 Å². The number of nitrogens with one attached hydrogen (secondary N) is 1. The lowest BCUT2D eigenvalue weighted by Gasteiger charge is -2.41. The van der Waals surface area contributed by atoms with Crippen molar-refractivity contribution >= 4 is 17.8 Å². The van der Waals surface area contributed by atoms with Crippen LogP contribution in [-0.2, 0) is 9.59 Å². The van der Waals surface area contributed by atoms with Gasteiger partial charge < -0.3 is 0 Å². The Morgan fingerprint density at radius 3 is 2.35 bits per heavy atom. The lowest BCUT2D eigenvalue weighted by Crippen LogP contribution is -2.64. The van der Waals surface area contributed by atoms with Crippen LogP contribution in [0.25, 0.3) is 0 Å². The lowest BCUT2D eigenvalue weighted by molar-refractivity contribution is -0.155. The third-order valence-electron chi connectivity index (χ3n) is 3.74. The highest BCUT2D eigenvalue weighted by molar-refractivity contribution is 6.19. The van der Waals surface area contributed by atoms with E-state index in [1.165, 1.54) is 7.05 Å². The molecule has 0 aromatic rings. The molecule has 0 aromatic carbocycles. The molecule has 0 bridgehead atoms. The van der Waals surface area contributed by atoms with Gasteiger partial charge in [-0.1, -0.05) is 27.2 Å². The molecule has 4 amide bonds. The average Bonchev–Trinajstić information content (AvgIpc) is 2.28. The maximum absolute atomic E-state index is 12.3. The molecule has 0 unspecified atom stereocenters. The van der Waals surface area contributed by atoms with E-state index < -0.39 is 17.4 Å². The fourth-order valence-corrected chi connectivity index (χ4v) is 2.56. The van der Waals surface area contributed by atoms with Crippen LogP contribution >= 0.6 is 0 Å². The second-order valence-corrected chi connectivity index (χ2v) is 4.64. The van der Waals surface area contributed by atoms with Crippen molar-refractivity contribution in [1.29, 1.82) is 0 Å². The molecule has 2 atom stereocenters. The minimum absolute atomic E-state index is 0.0689. The van der Waals surface area contributed by atoms with Gasteiger partial charge in [0.15, 0.2) is 0 Å². The number of hydrogen-bond acceptors (Lipinski definition) is 3. The Balaban J connectivity index is 3.15. The van der Waals surface area contributed by atoms with Gasteiger partial charge in [0.05, 0.1) is 0 Å². The molecule has 1 N–H and O–H groups in total. The summed E-state index contributed by atoms with van der Waals surface area (Å²) in [6.07, 6.45) is 2.10. The Hall–Kier alpha value is -1.39. The number of hydrogen-bond donors (Lipinski definition) is 1. The van der Waals surface area contributed by atoms with Crippen molar-refractivity contribution in [2.45, 2.75) is 40.0 Å². The highest BCUT2D eigenvalue weighted by Gasteiger charge is 2.54. The van der Waals surface area contributed by atoms with Gasteiger partial charge in [-0.3, -0.25) is 19.8 Å². The maximum atomic E-state index is 12.3. The van der Waals surface area contributed by atoms with Crippen molar-refractivity contribution in [1.82, 2.24) is 10.2 Å². The van der Waals surface area contributed by atoms with Gasteiger partial charge in [-0.25, -0.2) is 4.79 Å². The first-order valence-corrected chi connectivity index (χ1v) is 6.05. The quantitative estimate of drug-likeness (QED) is 0.758. The van der Waals surface area contributed by atoms with Crippen LogP contribution in [0.15, 0.2) is 0 Å². The van der Waals surface area contributed by atoms with E-state index >= 15 is 0 Å². The second kappa shape index (κ2) is 4.85. The summed E-state index contributed by atoms with van der Waals surface area (Å²) in [6.45, 7) is 5.72. The molecule has 5 heteroatoms. The predicted octanol–water partition coefficient (Wildman–Crippen LogP) is 1.53. The number of barbiturate groups is 1. The molecule has 1 saturated heterocycles. The number of carbonyl (C=O) groups excluding carboxylic acids is 3. The summed E-state index contributed by atoms with van der Waals surface area (Å²) in [7, 11) is 1.41. The molecular formula is C12H20N2O3. The van der Waals surface area contributed by atoms with Crippen LogP contribution in [0.3, 0.4) is 0 Å². The van der Waals surface area contributed by atoms with Crippen LogP contribution in [0.4, 0.5) is 4.79 Å². The second-order valence-electron chi connectivity index (χ2n) is 4.64. The van der Waals surface area contributed by atoms with Crippen LogP contribution in [0.5, 0.6) is 0 Å². The molecule has 0 spiro atoms. The summed E-state index contributed by atoms with van der Waals surface area (Å²) in [4.78, 5) is 36.7. The smallest absolute Gasteiger partial charge is 0.277 e. The molecule has 17 heavy (non-hydrogen) atoms. The summed E-state index contributed by atoms with van der Waals surface area (Å²) in [5.74, 6) is -0.899. The lowest BCUT2D eigenvalue weighted by atomic mass is 9.69. The summed E-state index contributed by atoms with van der Waals surface area (Å²) in [5.41, 5.74) is -1.08. The number of carbonyl (C=O) groups is 3. The van der Waals surface area contributed by atoms with Gasteiger partial charge in [-0.05, 0) is 18.8 Å². The molecular weight excluding hydrogens is 220 g/mol. The molecule has 1 fully saturated rings. The predicted molar refractivity (Wildman–Crippen MR) is 63.1 cm³/mol. The Kier molecular flexibility index (Phi) is 3.91. The highest BCUT2D eigenvalue weighted by atomic mass is 16.2. The number of amides is 4. The Morgan fingerprint density at radius 2 is 1.88 bits per heavy atom. The third-order valence-corrected chi connectivity index (χ3v) is 3.74.